The number of nitrogens with two attached hydrogens (primary N) is 1. The Bertz CT molecular complexity index is 195. The molecule has 0 radical (unpaired) electrons. The Morgan fingerprint density at radius 3 is 2.73 bits per heavy atom. The van der Waals surface area contributed by atoms with Crippen LogP contribution in [0.4, 0.5) is 0 Å². The van der Waals surface area contributed by atoms with Crippen molar-refractivity contribution in [3.05, 3.63) is 0 Å². The minimum atomic E-state index is 0.478. The second-order valence-corrected chi connectivity index (χ2v) is 4.59. The molecule has 0 aliphatic carbocycles. The van der Waals surface area contributed by atoms with Gasteiger partial charge in [0.15, 0.2) is 0 Å². The van der Waals surface area contributed by atoms with Gasteiger partial charge < -0.3 is 15.2 Å². The summed E-state index contributed by atoms with van der Waals surface area (Å²) in [6.45, 7) is 7.43. The van der Waals surface area contributed by atoms with Crippen LogP contribution in [0.1, 0.15) is 13.3 Å². The second kappa shape index (κ2) is 5.25. The van der Waals surface area contributed by atoms with Crippen LogP contribution in [-0.2, 0) is 9.47 Å². The SMILES string of the molecule is CC1COCCN1C(CN)C1CCOC1. The number of morpholine rings is 1. The number of hydrogen-bond acceptors (Lipinski definition) is 4. The van der Waals surface area contributed by atoms with Gasteiger partial charge in [-0.2, -0.15) is 0 Å². The maximum atomic E-state index is 5.91. The summed E-state index contributed by atoms with van der Waals surface area (Å²) in [6.07, 6.45) is 1.16. The number of ether oxygens (including phenoxy) is 2. The Morgan fingerprint density at radius 2 is 2.13 bits per heavy atom. The molecule has 2 heterocycles. The highest BCUT2D eigenvalue weighted by Crippen LogP contribution is 2.23. The summed E-state index contributed by atoms with van der Waals surface area (Å²) in [5.41, 5.74) is 5.91. The predicted octanol–water partition coefficient (Wildman–Crippen LogP) is 0.0709. The minimum Gasteiger partial charge on any atom is -0.381 e. The summed E-state index contributed by atoms with van der Waals surface area (Å²) in [7, 11) is 0. The Morgan fingerprint density at radius 1 is 1.33 bits per heavy atom. The van der Waals surface area contributed by atoms with E-state index in [0.29, 0.717) is 18.0 Å². The van der Waals surface area contributed by atoms with Gasteiger partial charge >= 0.3 is 0 Å². The Kier molecular flexibility index (Phi) is 3.97. The molecule has 2 saturated heterocycles. The highest BCUT2D eigenvalue weighted by Gasteiger charge is 2.33. The minimum absolute atomic E-state index is 0.478. The fourth-order valence-electron chi connectivity index (χ4n) is 2.69. The van der Waals surface area contributed by atoms with E-state index < -0.39 is 0 Å². The van der Waals surface area contributed by atoms with E-state index in [4.69, 9.17) is 15.2 Å². The van der Waals surface area contributed by atoms with Crippen LogP contribution in [0.5, 0.6) is 0 Å². The molecule has 2 N–H and O–H groups in total. The van der Waals surface area contributed by atoms with E-state index in [1.807, 2.05) is 0 Å². The first-order valence-corrected chi connectivity index (χ1v) is 5.94. The van der Waals surface area contributed by atoms with Gasteiger partial charge in [-0.15, -0.1) is 0 Å². The van der Waals surface area contributed by atoms with Crippen molar-refractivity contribution in [2.24, 2.45) is 11.7 Å². The van der Waals surface area contributed by atoms with Crippen molar-refractivity contribution in [3.8, 4) is 0 Å². The molecule has 0 aromatic rings. The van der Waals surface area contributed by atoms with Crippen LogP contribution in [0.2, 0.25) is 0 Å². The highest BCUT2D eigenvalue weighted by molar-refractivity contribution is 4.86. The zero-order valence-corrected chi connectivity index (χ0v) is 9.52. The van der Waals surface area contributed by atoms with Crippen LogP contribution < -0.4 is 5.73 Å². The van der Waals surface area contributed by atoms with E-state index >= 15 is 0 Å². The molecule has 15 heavy (non-hydrogen) atoms. The number of hydrogen-bond donors (Lipinski definition) is 1. The summed E-state index contributed by atoms with van der Waals surface area (Å²) in [4.78, 5) is 2.50. The van der Waals surface area contributed by atoms with Crippen molar-refractivity contribution in [3.63, 3.8) is 0 Å². The molecular formula is C11H22N2O2. The molecule has 2 rings (SSSR count). The maximum Gasteiger partial charge on any atom is 0.0619 e. The van der Waals surface area contributed by atoms with Gasteiger partial charge in [-0.3, -0.25) is 4.90 Å². The van der Waals surface area contributed by atoms with Crippen molar-refractivity contribution < 1.29 is 9.47 Å². The quantitative estimate of drug-likeness (QED) is 0.722. The first-order chi connectivity index (χ1) is 7.33. The number of nitrogens with zero attached hydrogens (tertiary/aromatic N) is 1. The molecule has 2 aliphatic rings. The van der Waals surface area contributed by atoms with Crippen LogP contribution in [0.25, 0.3) is 0 Å². The van der Waals surface area contributed by atoms with Gasteiger partial charge in [0.25, 0.3) is 0 Å². The van der Waals surface area contributed by atoms with Crippen LogP contribution in [0.15, 0.2) is 0 Å². The molecule has 0 aromatic heterocycles. The van der Waals surface area contributed by atoms with E-state index in [9.17, 15) is 0 Å². The maximum absolute atomic E-state index is 5.91. The van der Waals surface area contributed by atoms with Crippen LogP contribution in [-0.4, -0.2) is 56.5 Å². The third-order valence-electron chi connectivity index (χ3n) is 3.60. The van der Waals surface area contributed by atoms with Crippen molar-refractivity contribution in [2.75, 3.05) is 39.5 Å². The fraction of sp³-hybridized carbons (Fsp3) is 1.00. The van der Waals surface area contributed by atoms with Crippen LogP contribution >= 0.6 is 0 Å². The van der Waals surface area contributed by atoms with Crippen LogP contribution in [0, 0.1) is 5.92 Å². The standard InChI is InChI=1S/C11H22N2O2/c1-9-7-15-5-3-13(9)11(6-12)10-2-4-14-8-10/h9-11H,2-8,12H2,1H3. The highest BCUT2D eigenvalue weighted by atomic mass is 16.5. The van der Waals surface area contributed by atoms with Gasteiger partial charge in [-0.1, -0.05) is 0 Å². The molecule has 3 unspecified atom stereocenters. The van der Waals surface area contributed by atoms with Gasteiger partial charge in [0.2, 0.25) is 0 Å². The summed E-state index contributed by atoms with van der Waals surface area (Å²) in [6, 6.07) is 0.972. The van der Waals surface area contributed by atoms with E-state index in [1.165, 1.54) is 0 Å². The van der Waals surface area contributed by atoms with Crippen LogP contribution in [0.3, 0.4) is 0 Å². The van der Waals surface area contributed by atoms with Gasteiger partial charge in [0.05, 0.1) is 19.8 Å². The lowest BCUT2D eigenvalue weighted by molar-refractivity contribution is -0.0332. The lowest BCUT2D eigenvalue weighted by Crippen LogP contribution is -2.54. The molecule has 0 saturated carbocycles. The molecular weight excluding hydrogens is 192 g/mol. The third-order valence-corrected chi connectivity index (χ3v) is 3.60. The Labute approximate surface area is 91.7 Å². The molecule has 3 atom stereocenters. The van der Waals surface area contributed by atoms with Crippen molar-refractivity contribution in [1.29, 1.82) is 0 Å². The summed E-state index contributed by atoms with van der Waals surface area (Å²) in [5.74, 6) is 0.621. The zero-order valence-electron chi connectivity index (χ0n) is 9.52. The lowest BCUT2D eigenvalue weighted by atomic mass is 9.96. The molecule has 2 fully saturated rings. The van der Waals surface area contributed by atoms with Gasteiger partial charge in [0.1, 0.15) is 0 Å². The average Bonchev–Trinajstić information content (AvgIpc) is 2.75. The molecule has 2 aliphatic heterocycles. The molecule has 0 spiro atoms. The first kappa shape index (κ1) is 11.3. The molecule has 4 heteroatoms. The van der Waals surface area contributed by atoms with E-state index in [2.05, 4.69) is 11.8 Å². The Balaban J connectivity index is 1.97. The lowest BCUT2D eigenvalue weighted by Gasteiger charge is -2.41. The van der Waals surface area contributed by atoms with Gasteiger partial charge in [-0.25, -0.2) is 0 Å². The normalized spacial score (nSPS) is 35.6. The zero-order chi connectivity index (χ0) is 10.7. The monoisotopic (exact) mass is 214 g/mol. The summed E-state index contributed by atoms with van der Waals surface area (Å²) >= 11 is 0. The molecule has 4 nitrogen and oxygen atoms in total. The number of rotatable bonds is 3. The van der Waals surface area contributed by atoms with Crippen molar-refractivity contribution in [2.45, 2.75) is 25.4 Å². The van der Waals surface area contributed by atoms with E-state index in [1.54, 1.807) is 0 Å². The Hall–Kier alpha value is -0.160. The smallest absolute Gasteiger partial charge is 0.0619 e. The second-order valence-electron chi connectivity index (χ2n) is 4.59. The van der Waals surface area contributed by atoms with Gasteiger partial charge in [0, 0.05) is 37.7 Å². The molecule has 0 bridgehead atoms. The van der Waals surface area contributed by atoms with Crippen molar-refractivity contribution >= 4 is 0 Å². The molecule has 0 aromatic carbocycles. The van der Waals surface area contributed by atoms with E-state index in [-0.39, 0.29) is 0 Å². The average molecular weight is 214 g/mol. The molecule has 0 amide bonds. The largest absolute Gasteiger partial charge is 0.381 e. The van der Waals surface area contributed by atoms with E-state index in [0.717, 1.165) is 45.9 Å². The third kappa shape index (κ3) is 2.50. The fourth-order valence-corrected chi connectivity index (χ4v) is 2.69. The summed E-state index contributed by atoms with van der Waals surface area (Å²) in [5, 5.41) is 0. The topological polar surface area (TPSA) is 47.7 Å². The predicted molar refractivity (Wildman–Crippen MR) is 58.8 cm³/mol. The summed E-state index contributed by atoms with van der Waals surface area (Å²) < 4.78 is 10.9. The van der Waals surface area contributed by atoms with Crippen molar-refractivity contribution in [1.82, 2.24) is 4.90 Å². The van der Waals surface area contributed by atoms with Gasteiger partial charge in [-0.05, 0) is 13.3 Å². The first-order valence-electron chi connectivity index (χ1n) is 5.94. The molecule has 88 valence electrons.